The summed E-state index contributed by atoms with van der Waals surface area (Å²) < 4.78 is 0. The first-order chi connectivity index (χ1) is 11.1. The number of nitrogens with zero attached hydrogens (tertiary/aromatic N) is 1. The van der Waals surface area contributed by atoms with E-state index in [9.17, 15) is 9.59 Å². The number of nitrogens with one attached hydrogen (secondary N) is 3. The van der Waals surface area contributed by atoms with Crippen LogP contribution in [0.1, 0.15) is 28.7 Å². The van der Waals surface area contributed by atoms with Gasteiger partial charge in [-0.25, -0.2) is 4.98 Å². The minimum atomic E-state index is -0.100. The maximum absolute atomic E-state index is 12.2. The van der Waals surface area contributed by atoms with Crippen LogP contribution in [0, 0.1) is 0 Å². The Kier molecular flexibility index (Phi) is 4.23. The molecule has 6 nitrogen and oxygen atoms in total. The van der Waals surface area contributed by atoms with Crippen LogP contribution >= 0.6 is 0 Å². The third-order valence-corrected chi connectivity index (χ3v) is 3.77. The minimum absolute atomic E-state index is 0.0681. The maximum Gasteiger partial charge on any atom is 0.224 e. The van der Waals surface area contributed by atoms with Gasteiger partial charge in [0.2, 0.25) is 5.91 Å². The summed E-state index contributed by atoms with van der Waals surface area (Å²) in [7, 11) is 0. The molecule has 3 N–H and O–H groups in total. The van der Waals surface area contributed by atoms with Crippen molar-refractivity contribution < 1.29 is 9.59 Å². The smallest absolute Gasteiger partial charge is 0.224 e. The van der Waals surface area contributed by atoms with E-state index in [2.05, 4.69) is 20.3 Å². The molecule has 0 aliphatic heterocycles. The van der Waals surface area contributed by atoms with Crippen molar-refractivity contribution >= 4 is 22.6 Å². The molecule has 3 rings (SSSR count). The van der Waals surface area contributed by atoms with E-state index in [0.717, 1.165) is 22.2 Å². The molecular weight excluding hydrogens is 292 g/mol. The fourth-order valence-corrected chi connectivity index (χ4v) is 2.67. The van der Waals surface area contributed by atoms with E-state index >= 15 is 0 Å². The highest BCUT2D eigenvalue weighted by Gasteiger charge is 2.17. The Morgan fingerprint density at radius 1 is 1.26 bits per heavy atom. The molecule has 2 heterocycles. The molecule has 23 heavy (non-hydrogen) atoms. The van der Waals surface area contributed by atoms with Crippen LogP contribution in [-0.4, -0.2) is 33.2 Å². The topological polar surface area (TPSA) is 90.6 Å². The third-order valence-electron chi connectivity index (χ3n) is 3.77. The van der Waals surface area contributed by atoms with E-state index < -0.39 is 0 Å². The molecule has 118 valence electrons. The van der Waals surface area contributed by atoms with E-state index in [-0.39, 0.29) is 18.1 Å². The summed E-state index contributed by atoms with van der Waals surface area (Å²) in [5.41, 5.74) is 3.11. The molecule has 0 fully saturated rings. The van der Waals surface area contributed by atoms with Gasteiger partial charge in [-0.1, -0.05) is 18.2 Å². The van der Waals surface area contributed by atoms with Crippen molar-refractivity contribution in [2.24, 2.45) is 0 Å². The molecule has 0 aliphatic carbocycles. The van der Waals surface area contributed by atoms with Gasteiger partial charge in [0.25, 0.3) is 0 Å². The number of rotatable bonds is 6. The highest BCUT2D eigenvalue weighted by Crippen LogP contribution is 2.23. The van der Waals surface area contributed by atoms with E-state index in [0.29, 0.717) is 18.7 Å². The second kappa shape index (κ2) is 6.48. The van der Waals surface area contributed by atoms with Crippen molar-refractivity contribution in [2.45, 2.75) is 19.8 Å². The summed E-state index contributed by atoms with van der Waals surface area (Å²) >= 11 is 0. The van der Waals surface area contributed by atoms with E-state index in [1.165, 1.54) is 6.92 Å². The molecule has 3 aromatic rings. The standard InChI is InChI=1S/C17H18N4O2/c1-11(22)17-14(13-4-2-3-5-15(13)21-17)8-16(23)19-7-6-12-9-18-10-20-12/h2-5,9-10,21H,6-8H2,1H3,(H,18,20)(H,19,23). The van der Waals surface area contributed by atoms with Gasteiger partial charge in [-0.3, -0.25) is 9.59 Å². The molecular formula is C17H18N4O2. The van der Waals surface area contributed by atoms with Gasteiger partial charge < -0.3 is 15.3 Å². The first-order valence-corrected chi connectivity index (χ1v) is 7.49. The van der Waals surface area contributed by atoms with E-state index in [1.807, 2.05) is 24.3 Å². The fraction of sp³-hybridized carbons (Fsp3) is 0.235. The number of fused-ring (bicyclic) bond motifs is 1. The van der Waals surface area contributed by atoms with Gasteiger partial charge in [-0.05, 0) is 11.6 Å². The number of hydrogen-bond acceptors (Lipinski definition) is 3. The average molecular weight is 310 g/mol. The minimum Gasteiger partial charge on any atom is -0.355 e. The lowest BCUT2D eigenvalue weighted by atomic mass is 10.1. The Labute approximate surface area is 133 Å². The van der Waals surface area contributed by atoms with Crippen LogP contribution in [0.2, 0.25) is 0 Å². The number of carbonyl (C=O) groups is 2. The highest BCUT2D eigenvalue weighted by atomic mass is 16.1. The molecule has 0 bridgehead atoms. The molecule has 0 saturated heterocycles. The van der Waals surface area contributed by atoms with E-state index in [4.69, 9.17) is 0 Å². The number of aromatic nitrogens is 3. The highest BCUT2D eigenvalue weighted by molar-refractivity contribution is 6.02. The largest absolute Gasteiger partial charge is 0.355 e. The maximum atomic E-state index is 12.2. The number of aromatic amines is 2. The normalized spacial score (nSPS) is 10.8. The quantitative estimate of drug-likeness (QED) is 0.608. The molecule has 0 aliphatic rings. The summed E-state index contributed by atoms with van der Waals surface area (Å²) in [6, 6.07) is 7.63. The molecule has 2 aromatic heterocycles. The zero-order chi connectivity index (χ0) is 16.2. The lowest BCUT2D eigenvalue weighted by molar-refractivity contribution is -0.120. The molecule has 0 spiro atoms. The van der Waals surface area contributed by atoms with Gasteiger partial charge in [-0.15, -0.1) is 0 Å². The predicted molar refractivity (Wildman–Crippen MR) is 87.3 cm³/mol. The van der Waals surface area contributed by atoms with Crippen molar-refractivity contribution in [1.29, 1.82) is 0 Å². The van der Waals surface area contributed by atoms with Crippen molar-refractivity contribution in [3.8, 4) is 0 Å². The van der Waals surface area contributed by atoms with Gasteiger partial charge >= 0.3 is 0 Å². The summed E-state index contributed by atoms with van der Waals surface area (Å²) in [6.07, 6.45) is 4.23. The zero-order valence-electron chi connectivity index (χ0n) is 12.8. The summed E-state index contributed by atoms with van der Waals surface area (Å²) in [6.45, 7) is 2.03. The summed E-state index contributed by atoms with van der Waals surface area (Å²) in [5.74, 6) is -0.168. The lowest BCUT2D eigenvalue weighted by Crippen LogP contribution is -2.27. The second-order valence-electron chi connectivity index (χ2n) is 5.43. The lowest BCUT2D eigenvalue weighted by Gasteiger charge is -2.05. The predicted octanol–water partition coefficient (Wildman–Crippen LogP) is 1.99. The van der Waals surface area contributed by atoms with Gasteiger partial charge in [0.05, 0.1) is 18.4 Å². The summed E-state index contributed by atoms with van der Waals surface area (Å²) in [5, 5.41) is 3.80. The van der Waals surface area contributed by atoms with Crippen LogP contribution in [-0.2, 0) is 17.6 Å². The first kappa shape index (κ1) is 15.0. The Bertz CT molecular complexity index is 834. The number of hydrogen-bond donors (Lipinski definition) is 3. The number of amides is 1. The number of benzene rings is 1. The van der Waals surface area contributed by atoms with E-state index in [1.54, 1.807) is 12.5 Å². The molecule has 1 amide bonds. The van der Waals surface area contributed by atoms with Crippen molar-refractivity contribution in [3.63, 3.8) is 0 Å². The van der Waals surface area contributed by atoms with Gasteiger partial charge in [-0.2, -0.15) is 0 Å². The van der Waals surface area contributed by atoms with Crippen LogP contribution < -0.4 is 5.32 Å². The van der Waals surface area contributed by atoms with Crippen molar-refractivity contribution in [2.75, 3.05) is 6.54 Å². The van der Waals surface area contributed by atoms with Crippen LogP contribution in [0.15, 0.2) is 36.8 Å². The Hall–Kier alpha value is -2.89. The van der Waals surface area contributed by atoms with Crippen molar-refractivity contribution in [1.82, 2.24) is 20.3 Å². The number of H-pyrrole nitrogens is 2. The Morgan fingerprint density at radius 2 is 2.09 bits per heavy atom. The molecule has 6 heteroatoms. The number of para-hydroxylation sites is 1. The number of ketones is 1. The van der Waals surface area contributed by atoms with Gasteiger partial charge in [0.15, 0.2) is 5.78 Å². The molecule has 0 atom stereocenters. The fourth-order valence-electron chi connectivity index (χ4n) is 2.67. The van der Waals surface area contributed by atoms with Gasteiger partial charge in [0.1, 0.15) is 0 Å². The molecule has 0 saturated carbocycles. The molecule has 0 unspecified atom stereocenters. The SMILES string of the molecule is CC(=O)c1[nH]c2ccccc2c1CC(=O)NCCc1cnc[nH]1. The second-order valence-corrected chi connectivity index (χ2v) is 5.43. The van der Waals surface area contributed by atoms with Gasteiger partial charge in [0, 0.05) is 42.7 Å². The van der Waals surface area contributed by atoms with Crippen LogP contribution in [0.4, 0.5) is 0 Å². The van der Waals surface area contributed by atoms with Crippen LogP contribution in [0.25, 0.3) is 10.9 Å². The number of imidazole rings is 1. The van der Waals surface area contributed by atoms with Crippen LogP contribution in [0.5, 0.6) is 0 Å². The number of Topliss-reactive ketones (excluding diaryl/α,β-unsaturated/α-hetero) is 1. The Morgan fingerprint density at radius 3 is 2.83 bits per heavy atom. The Balaban J connectivity index is 1.71. The molecule has 1 aromatic carbocycles. The molecule has 0 radical (unpaired) electrons. The summed E-state index contributed by atoms with van der Waals surface area (Å²) in [4.78, 5) is 34.0. The first-order valence-electron chi connectivity index (χ1n) is 7.49. The third kappa shape index (κ3) is 3.31. The average Bonchev–Trinajstić information content (AvgIpc) is 3.16. The van der Waals surface area contributed by atoms with Crippen LogP contribution in [0.3, 0.4) is 0 Å². The zero-order valence-corrected chi connectivity index (χ0v) is 12.8. The number of carbonyl (C=O) groups excluding carboxylic acids is 2. The van der Waals surface area contributed by atoms with Crippen molar-refractivity contribution in [3.05, 3.63) is 53.7 Å². The monoisotopic (exact) mass is 310 g/mol.